The van der Waals surface area contributed by atoms with Gasteiger partial charge < -0.3 is 24.6 Å². The van der Waals surface area contributed by atoms with Crippen molar-refractivity contribution in [2.24, 2.45) is 10.2 Å². The highest BCUT2D eigenvalue weighted by Gasteiger charge is 2.20. The number of carbonyl (C=O) groups excluding carboxylic acids is 3. The molecule has 0 spiro atoms. The standard InChI is InChI=1S/C22H20N4O7/c1-2-31-19(28)11-26-15-6-4-3-5-14(15)20(22(26)30)25-24-18(27)10-23-21(29)13-7-8-16-17(9-13)33-12-32-16/h3-9,30H,2,10-12H2,1H3,(H,23,29). The highest BCUT2D eigenvalue weighted by atomic mass is 16.7. The molecule has 1 aliphatic heterocycles. The molecule has 2 N–H and O–H groups in total. The molecule has 0 aliphatic carbocycles. The van der Waals surface area contributed by atoms with Crippen molar-refractivity contribution in [3.05, 3.63) is 48.0 Å². The van der Waals surface area contributed by atoms with E-state index in [2.05, 4.69) is 15.5 Å². The van der Waals surface area contributed by atoms with Gasteiger partial charge in [0.05, 0.1) is 12.1 Å². The van der Waals surface area contributed by atoms with Crippen LogP contribution in [0.1, 0.15) is 17.3 Å². The Balaban J connectivity index is 1.45. The number of ether oxygens (including phenoxy) is 3. The first-order chi connectivity index (χ1) is 16.0. The molecular formula is C22H20N4O7. The van der Waals surface area contributed by atoms with Crippen LogP contribution >= 0.6 is 0 Å². The average molecular weight is 452 g/mol. The van der Waals surface area contributed by atoms with Gasteiger partial charge in [0, 0.05) is 10.9 Å². The topological polar surface area (TPSA) is 141 Å². The number of hydrogen-bond donors (Lipinski definition) is 2. The van der Waals surface area contributed by atoms with Crippen molar-refractivity contribution >= 4 is 34.4 Å². The lowest BCUT2D eigenvalue weighted by Gasteiger charge is -2.06. The average Bonchev–Trinajstić information content (AvgIpc) is 3.38. The maximum Gasteiger partial charge on any atom is 0.326 e. The largest absolute Gasteiger partial charge is 0.493 e. The van der Waals surface area contributed by atoms with Crippen molar-refractivity contribution in [3.8, 4) is 17.4 Å². The Morgan fingerprint density at radius 3 is 2.76 bits per heavy atom. The maximum atomic E-state index is 12.3. The fraction of sp³-hybridized carbons (Fsp3) is 0.227. The third-order valence-electron chi connectivity index (χ3n) is 4.81. The Morgan fingerprint density at radius 2 is 1.94 bits per heavy atom. The van der Waals surface area contributed by atoms with E-state index in [0.717, 1.165) is 0 Å². The number of benzene rings is 2. The lowest BCUT2D eigenvalue weighted by Crippen LogP contribution is -2.28. The number of rotatable bonds is 7. The van der Waals surface area contributed by atoms with Crippen LogP contribution in [0.15, 0.2) is 52.7 Å². The quantitative estimate of drug-likeness (QED) is 0.415. The van der Waals surface area contributed by atoms with E-state index < -0.39 is 24.3 Å². The Labute approximate surface area is 187 Å². The summed E-state index contributed by atoms with van der Waals surface area (Å²) >= 11 is 0. The van der Waals surface area contributed by atoms with E-state index in [4.69, 9.17) is 14.2 Å². The molecule has 170 valence electrons. The van der Waals surface area contributed by atoms with Gasteiger partial charge in [-0.1, -0.05) is 18.2 Å². The van der Waals surface area contributed by atoms with E-state index in [1.54, 1.807) is 43.3 Å². The van der Waals surface area contributed by atoms with Crippen molar-refractivity contribution in [1.29, 1.82) is 0 Å². The molecule has 33 heavy (non-hydrogen) atoms. The molecule has 4 rings (SSSR count). The van der Waals surface area contributed by atoms with Gasteiger partial charge in [-0.2, -0.15) is 0 Å². The molecule has 2 amide bonds. The van der Waals surface area contributed by atoms with Gasteiger partial charge in [0.15, 0.2) is 17.2 Å². The second-order valence-corrected chi connectivity index (χ2v) is 6.92. The first kappa shape index (κ1) is 21.8. The first-order valence-corrected chi connectivity index (χ1v) is 10.1. The van der Waals surface area contributed by atoms with Crippen LogP contribution in [-0.4, -0.2) is 47.4 Å². The molecule has 1 aliphatic rings. The van der Waals surface area contributed by atoms with Crippen molar-refractivity contribution in [3.63, 3.8) is 0 Å². The number of amides is 2. The molecule has 0 bridgehead atoms. The number of azo groups is 1. The SMILES string of the molecule is CCOC(=O)Cn1c(O)c(N=NC(=O)CNC(=O)c2ccc3c(c2)OCO3)c2ccccc21. The smallest absolute Gasteiger partial charge is 0.326 e. The number of nitrogens with zero attached hydrogens (tertiary/aromatic N) is 3. The van der Waals surface area contributed by atoms with Crippen LogP contribution in [0.5, 0.6) is 17.4 Å². The highest BCUT2D eigenvalue weighted by Crippen LogP contribution is 2.38. The number of aromatic nitrogens is 1. The van der Waals surface area contributed by atoms with E-state index in [9.17, 15) is 19.5 Å². The third kappa shape index (κ3) is 4.61. The number of nitrogens with one attached hydrogen (secondary N) is 1. The van der Waals surface area contributed by atoms with Gasteiger partial charge in [0.25, 0.3) is 11.8 Å². The number of aromatic hydroxyl groups is 1. The summed E-state index contributed by atoms with van der Waals surface area (Å²) in [7, 11) is 0. The zero-order valence-electron chi connectivity index (χ0n) is 17.6. The molecule has 0 radical (unpaired) electrons. The van der Waals surface area contributed by atoms with Crippen LogP contribution < -0.4 is 14.8 Å². The van der Waals surface area contributed by atoms with Gasteiger partial charge in [-0.15, -0.1) is 10.2 Å². The Kier molecular flexibility index (Phi) is 6.20. The van der Waals surface area contributed by atoms with Crippen molar-refractivity contribution < 1.29 is 33.7 Å². The summed E-state index contributed by atoms with van der Waals surface area (Å²) in [5.41, 5.74) is 0.856. The summed E-state index contributed by atoms with van der Waals surface area (Å²) < 4.78 is 16.7. The molecule has 3 aromatic rings. The van der Waals surface area contributed by atoms with Crippen LogP contribution in [-0.2, 0) is 20.9 Å². The van der Waals surface area contributed by atoms with Crippen molar-refractivity contribution in [1.82, 2.24) is 9.88 Å². The van der Waals surface area contributed by atoms with Crippen molar-refractivity contribution in [2.75, 3.05) is 19.9 Å². The van der Waals surface area contributed by atoms with E-state index in [1.807, 2.05) is 0 Å². The van der Waals surface area contributed by atoms with Crippen LogP contribution in [0, 0.1) is 0 Å². The van der Waals surface area contributed by atoms with Gasteiger partial charge in [0.2, 0.25) is 12.7 Å². The third-order valence-corrected chi connectivity index (χ3v) is 4.81. The molecule has 11 nitrogen and oxygen atoms in total. The van der Waals surface area contributed by atoms with Crippen LogP contribution in [0.25, 0.3) is 10.9 Å². The second-order valence-electron chi connectivity index (χ2n) is 6.92. The van der Waals surface area contributed by atoms with Gasteiger partial charge >= 0.3 is 5.97 Å². The summed E-state index contributed by atoms with van der Waals surface area (Å²) in [4.78, 5) is 36.4. The molecule has 0 saturated carbocycles. The number of carbonyl (C=O) groups is 3. The summed E-state index contributed by atoms with van der Waals surface area (Å²) in [6.07, 6.45) is 0. The van der Waals surface area contributed by atoms with Gasteiger partial charge in [-0.05, 0) is 31.2 Å². The molecule has 0 atom stereocenters. The normalized spacial score (nSPS) is 12.3. The Bertz CT molecular complexity index is 1270. The highest BCUT2D eigenvalue weighted by molar-refractivity contribution is 5.98. The number of esters is 1. The predicted molar refractivity (Wildman–Crippen MR) is 115 cm³/mol. The lowest BCUT2D eigenvalue weighted by atomic mass is 10.2. The summed E-state index contributed by atoms with van der Waals surface area (Å²) in [6, 6.07) is 11.5. The lowest BCUT2D eigenvalue weighted by molar-refractivity contribution is -0.143. The molecule has 2 heterocycles. The van der Waals surface area contributed by atoms with E-state index in [-0.39, 0.29) is 31.5 Å². The fourth-order valence-electron chi connectivity index (χ4n) is 3.30. The minimum atomic E-state index is -0.731. The molecular weight excluding hydrogens is 432 g/mol. The zero-order valence-corrected chi connectivity index (χ0v) is 17.6. The summed E-state index contributed by atoms with van der Waals surface area (Å²) in [6.45, 7) is 1.34. The van der Waals surface area contributed by atoms with Crippen LogP contribution in [0.4, 0.5) is 5.69 Å². The Morgan fingerprint density at radius 1 is 1.15 bits per heavy atom. The number of para-hydroxylation sites is 1. The van der Waals surface area contributed by atoms with E-state index in [1.165, 1.54) is 10.6 Å². The van der Waals surface area contributed by atoms with E-state index >= 15 is 0 Å². The number of fused-ring (bicyclic) bond motifs is 2. The first-order valence-electron chi connectivity index (χ1n) is 10.1. The Hall–Kier alpha value is -4.41. The molecule has 11 heteroatoms. The summed E-state index contributed by atoms with van der Waals surface area (Å²) in [5, 5.41) is 21.0. The molecule has 0 saturated heterocycles. The van der Waals surface area contributed by atoms with Gasteiger partial charge in [0.1, 0.15) is 13.1 Å². The van der Waals surface area contributed by atoms with Crippen molar-refractivity contribution in [2.45, 2.75) is 13.5 Å². The second kappa shape index (κ2) is 9.39. The van der Waals surface area contributed by atoms with Gasteiger partial charge in [-0.25, -0.2) is 0 Å². The predicted octanol–water partition coefficient (Wildman–Crippen LogP) is 2.68. The summed E-state index contributed by atoms with van der Waals surface area (Å²) in [5.74, 6) is -1.09. The zero-order chi connectivity index (χ0) is 23.4. The van der Waals surface area contributed by atoms with E-state index in [0.29, 0.717) is 28.0 Å². The minimum Gasteiger partial charge on any atom is -0.493 e. The van der Waals surface area contributed by atoms with Gasteiger partial charge in [-0.3, -0.25) is 19.0 Å². The monoisotopic (exact) mass is 452 g/mol. The molecule has 2 aromatic carbocycles. The molecule has 0 unspecified atom stereocenters. The maximum absolute atomic E-state index is 12.3. The minimum absolute atomic E-state index is 0.0327. The fourth-order valence-corrected chi connectivity index (χ4v) is 3.30. The number of hydrogen-bond acceptors (Lipinski definition) is 8. The molecule has 1 aromatic heterocycles. The van der Waals surface area contributed by atoms with Crippen LogP contribution in [0.3, 0.4) is 0 Å². The molecule has 0 fully saturated rings. The van der Waals surface area contributed by atoms with Crippen LogP contribution in [0.2, 0.25) is 0 Å².